The number of Topliss-reactive ketones (excluding diaryl/α,β-unsaturated/α-hetero) is 2. The van der Waals surface area contributed by atoms with Crippen molar-refractivity contribution in [2.75, 3.05) is 0 Å². The van der Waals surface area contributed by atoms with Crippen molar-refractivity contribution in [1.82, 2.24) is 0 Å². The van der Waals surface area contributed by atoms with Crippen LogP contribution < -0.4 is 0 Å². The summed E-state index contributed by atoms with van der Waals surface area (Å²) >= 11 is 0. The van der Waals surface area contributed by atoms with Crippen LogP contribution in [0.3, 0.4) is 0 Å². The first kappa shape index (κ1) is 14.4. The quantitative estimate of drug-likeness (QED) is 0.749. The van der Waals surface area contributed by atoms with Crippen molar-refractivity contribution < 1.29 is 19.8 Å². The second kappa shape index (κ2) is 4.25. The number of ketones is 2. The summed E-state index contributed by atoms with van der Waals surface area (Å²) in [5, 5.41) is 21.8. The van der Waals surface area contributed by atoms with Gasteiger partial charge in [0.25, 0.3) is 0 Å². The van der Waals surface area contributed by atoms with Crippen LogP contribution in [0.15, 0.2) is 11.6 Å². The van der Waals surface area contributed by atoms with E-state index in [9.17, 15) is 19.8 Å². The highest BCUT2D eigenvalue weighted by Crippen LogP contribution is 2.50. The first-order valence-corrected chi connectivity index (χ1v) is 6.85. The minimum atomic E-state index is -1.80. The smallest absolute Gasteiger partial charge is 0.168 e. The van der Waals surface area contributed by atoms with Crippen molar-refractivity contribution >= 4 is 11.6 Å². The van der Waals surface area contributed by atoms with Crippen molar-refractivity contribution in [3.63, 3.8) is 0 Å². The van der Waals surface area contributed by atoms with Gasteiger partial charge in [0.05, 0.1) is 0 Å². The molecule has 2 aliphatic rings. The molecule has 0 aromatic carbocycles. The average Bonchev–Trinajstić information content (AvgIpc) is 2.30. The van der Waals surface area contributed by atoms with Crippen LogP contribution in [-0.2, 0) is 9.59 Å². The molecule has 19 heavy (non-hydrogen) atoms. The van der Waals surface area contributed by atoms with Crippen molar-refractivity contribution in [3.8, 4) is 0 Å². The van der Waals surface area contributed by atoms with Crippen molar-refractivity contribution in [3.05, 3.63) is 11.6 Å². The predicted molar refractivity (Wildman–Crippen MR) is 70.4 cm³/mol. The van der Waals surface area contributed by atoms with E-state index in [0.717, 1.165) is 0 Å². The largest absolute Gasteiger partial charge is 0.382 e. The van der Waals surface area contributed by atoms with Crippen LogP contribution in [0.5, 0.6) is 0 Å². The van der Waals surface area contributed by atoms with E-state index in [-0.39, 0.29) is 30.3 Å². The summed E-state index contributed by atoms with van der Waals surface area (Å²) in [7, 11) is 0. The molecule has 1 fully saturated rings. The first-order valence-electron chi connectivity index (χ1n) is 6.85. The molecule has 0 radical (unpaired) electrons. The minimum Gasteiger partial charge on any atom is -0.382 e. The van der Waals surface area contributed by atoms with E-state index < -0.39 is 23.0 Å². The van der Waals surface area contributed by atoms with Crippen LogP contribution in [0.4, 0.5) is 0 Å². The summed E-state index contributed by atoms with van der Waals surface area (Å²) < 4.78 is 0. The molecule has 0 aromatic rings. The summed E-state index contributed by atoms with van der Waals surface area (Å²) in [5.74, 6) is -1.25. The molecule has 0 heterocycles. The van der Waals surface area contributed by atoms with Gasteiger partial charge in [-0.15, -0.1) is 0 Å². The summed E-state index contributed by atoms with van der Waals surface area (Å²) in [4.78, 5) is 24.1. The fraction of sp³-hybridized carbons (Fsp3) is 0.733. The third-order valence-corrected chi connectivity index (χ3v) is 4.91. The molecule has 2 aliphatic carbocycles. The number of carbonyl (C=O) groups is 2. The molecule has 0 saturated heterocycles. The van der Waals surface area contributed by atoms with E-state index >= 15 is 0 Å². The molecule has 0 spiro atoms. The normalized spacial score (nSPS) is 43.2. The van der Waals surface area contributed by atoms with Gasteiger partial charge in [-0.3, -0.25) is 9.59 Å². The van der Waals surface area contributed by atoms with E-state index in [1.54, 1.807) is 20.8 Å². The summed E-state index contributed by atoms with van der Waals surface area (Å²) in [6.07, 6.45) is 1.82. The van der Waals surface area contributed by atoms with Gasteiger partial charge in [0.1, 0.15) is 5.60 Å². The van der Waals surface area contributed by atoms with Crippen LogP contribution in [-0.4, -0.2) is 33.0 Å². The van der Waals surface area contributed by atoms with Gasteiger partial charge in [0.15, 0.2) is 17.2 Å². The zero-order chi connectivity index (χ0) is 14.6. The third-order valence-electron chi connectivity index (χ3n) is 4.91. The molecule has 1 saturated carbocycles. The highest BCUT2D eigenvalue weighted by molar-refractivity contribution is 5.98. The fourth-order valence-electron chi connectivity index (χ4n) is 3.66. The predicted octanol–water partition coefficient (Wildman–Crippen LogP) is 1.25. The van der Waals surface area contributed by atoms with Crippen molar-refractivity contribution in [2.24, 2.45) is 17.8 Å². The lowest BCUT2D eigenvalue weighted by Gasteiger charge is -2.54. The zero-order valence-electron chi connectivity index (χ0n) is 11.9. The molecule has 0 amide bonds. The lowest BCUT2D eigenvalue weighted by atomic mass is 9.54. The van der Waals surface area contributed by atoms with Gasteiger partial charge in [-0.25, -0.2) is 0 Å². The Morgan fingerprint density at radius 3 is 2.37 bits per heavy atom. The highest BCUT2D eigenvalue weighted by Gasteiger charge is 2.64. The van der Waals surface area contributed by atoms with Crippen LogP contribution in [0.2, 0.25) is 0 Å². The number of fused-ring (bicyclic) bond motifs is 1. The highest BCUT2D eigenvalue weighted by atomic mass is 16.4. The number of hydrogen-bond acceptors (Lipinski definition) is 4. The summed E-state index contributed by atoms with van der Waals surface area (Å²) in [6, 6.07) is 0. The average molecular weight is 266 g/mol. The number of allylic oxidation sites excluding steroid dienone is 1. The second-order valence-electron chi connectivity index (χ2n) is 6.41. The van der Waals surface area contributed by atoms with E-state index in [0.29, 0.717) is 5.57 Å². The molecule has 0 aliphatic heterocycles. The van der Waals surface area contributed by atoms with Crippen LogP contribution in [0.25, 0.3) is 0 Å². The number of carbonyl (C=O) groups excluding carboxylic acids is 2. The van der Waals surface area contributed by atoms with Gasteiger partial charge in [-0.2, -0.15) is 0 Å². The van der Waals surface area contributed by atoms with Gasteiger partial charge in [-0.1, -0.05) is 20.8 Å². The lowest BCUT2D eigenvalue weighted by Crippen LogP contribution is -2.70. The van der Waals surface area contributed by atoms with Crippen LogP contribution in [0, 0.1) is 17.8 Å². The van der Waals surface area contributed by atoms with Gasteiger partial charge < -0.3 is 10.2 Å². The van der Waals surface area contributed by atoms with Gasteiger partial charge in [-0.05, 0) is 30.4 Å². The maximum Gasteiger partial charge on any atom is 0.168 e. The maximum atomic E-state index is 12.3. The molecule has 4 unspecified atom stereocenters. The van der Waals surface area contributed by atoms with E-state index in [2.05, 4.69) is 0 Å². The standard InChI is InChI=1S/C15H22O4/c1-8(2)15(19)13(17)5-9(3)11-6-12(16)10(4)7-14(11,15)18/h7-9,11,18-19H,5-6H2,1-4H3. The zero-order valence-corrected chi connectivity index (χ0v) is 11.9. The number of hydrogen-bond donors (Lipinski definition) is 2. The Morgan fingerprint density at radius 1 is 1.26 bits per heavy atom. The Hall–Kier alpha value is -1.00. The molecular weight excluding hydrogens is 244 g/mol. The lowest BCUT2D eigenvalue weighted by molar-refractivity contribution is -0.208. The Balaban J connectivity index is 2.63. The van der Waals surface area contributed by atoms with Gasteiger partial charge in [0, 0.05) is 18.8 Å². The molecule has 2 rings (SSSR count). The summed E-state index contributed by atoms with van der Waals surface area (Å²) in [6.45, 7) is 6.93. The second-order valence-corrected chi connectivity index (χ2v) is 6.41. The van der Waals surface area contributed by atoms with Crippen molar-refractivity contribution in [2.45, 2.75) is 51.7 Å². The molecular formula is C15H22O4. The molecule has 0 aromatic heterocycles. The molecule has 4 heteroatoms. The monoisotopic (exact) mass is 266 g/mol. The third kappa shape index (κ3) is 1.73. The number of aliphatic hydroxyl groups is 2. The summed E-state index contributed by atoms with van der Waals surface area (Å²) in [5.41, 5.74) is -3.00. The van der Waals surface area contributed by atoms with Crippen LogP contribution >= 0.6 is 0 Å². The molecule has 2 N–H and O–H groups in total. The van der Waals surface area contributed by atoms with Crippen molar-refractivity contribution in [1.29, 1.82) is 0 Å². The van der Waals surface area contributed by atoms with E-state index in [1.165, 1.54) is 6.08 Å². The van der Waals surface area contributed by atoms with E-state index in [1.807, 2.05) is 6.92 Å². The molecule has 4 nitrogen and oxygen atoms in total. The first-order chi connectivity index (χ1) is 8.64. The maximum absolute atomic E-state index is 12.3. The fourth-order valence-corrected chi connectivity index (χ4v) is 3.66. The Labute approximate surface area is 113 Å². The SMILES string of the molecule is CC1=CC2(O)C(CC1=O)C(C)CC(=O)C2(O)C(C)C. The number of rotatable bonds is 1. The molecule has 0 bridgehead atoms. The molecule has 106 valence electrons. The Bertz CT molecular complexity index is 465. The van der Waals surface area contributed by atoms with Gasteiger partial charge >= 0.3 is 0 Å². The Morgan fingerprint density at radius 2 is 1.84 bits per heavy atom. The van der Waals surface area contributed by atoms with Crippen LogP contribution in [0.1, 0.15) is 40.5 Å². The van der Waals surface area contributed by atoms with Gasteiger partial charge in [0.2, 0.25) is 0 Å². The Kier molecular flexibility index (Phi) is 3.22. The molecule has 4 atom stereocenters. The topological polar surface area (TPSA) is 74.6 Å². The van der Waals surface area contributed by atoms with E-state index in [4.69, 9.17) is 0 Å². The minimum absolute atomic E-state index is 0.0121.